The summed E-state index contributed by atoms with van der Waals surface area (Å²) in [4.78, 5) is 26.8. The van der Waals surface area contributed by atoms with Crippen LogP contribution in [0.5, 0.6) is 0 Å². The van der Waals surface area contributed by atoms with Gasteiger partial charge in [-0.3, -0.25) is 9.59 Å². The van der Waals surface area contributed by atoms with E-state index in [1.54, 1.807) is 0 Å². The molecule has 1 heterocycles. The maximum absolute atomic E-state index is 12.9. The lowest BCUT2D eigenvalue weighted by Gasteiger charge is -2.34. The molecule has 1 aliphatic carbocycles. The predicted molar refractivity (Wildman–Crippen MR) is 124 cm³/mol. The van der Waals surface area contributed by atoms with E-state index < -0.39 is 0 Å². The third kappa shape index (κ3) is 6.19. The molecule has 1 aliphatic heterocycles. The van der Waals surface area contributed by atoms with Gasteiger partial charge in [0.25, 0.3) is 0 Å². The fourth-order valence-corrected chi connectivity index (χ4v) is 4.48. The number of aryl methyl sites for hydroxylation is 1. The second-order valence-corrected chi connectivity index (χ2v) is 9.26. The molecule has 2 fully saturated rings. The molecule has 0 radical (unpaired) electrons. The van der Waals surface area contributed by atoms with E-state index in [0.717, 1.165) is 57.2 Å². The number of rotatable bonds is 8. The molecule has 2 aromatic rings. The Bertz CT molecular complexity index is 866. The lowest BCUT2D eigenvalue weighted by Crippen LogP contribution is -2.40. The summed E-state index contributed by atoms with van der Waals surface area (Å²) in [6.45, 7) is 3.73. The topological polar surface area (TPSA) is 49.4 Å². The first kappa shape index (κ1) is 21.6. The monoisotopic (exact) mass is 418 g/mol. The van der Waals surface area contributed by atoms with E-state index >= 15 is 0 Å². The van der Waals surface area contributed by atoms with Gasteiger partial charge in [0, 0.05) is 25.6 Å². The molecule has 31 heavy (non-hydrogen) atoms. The highest BCUT2D eigenvalue weighted by Crippen LogP contribution is 2.25. The van der Waals surface area contributed by atoms with Crippen molar-refractivity contribution in [2.75, 3.05) is 13.1 Å². The van der Waals surface area contributed by atoms with E-state index in [1.165, 1.54) is 11.1 Å². The molecule has 1 N–H and O–H groups in total. The summed E-state index contributed by atoms with van der Waals surface area (Å²) in [5, 5.41) is 3.05. The third-order valence-electron chi connectivity index (χ3n) is 6.73. The highest BCUT2D eigenvalue weighted by Gasteiger charge is 2.27. The van der Waals surface area contributed by atoms with E-state index in [4.69, 9.17) is 0 Å². The second-order valence-electron chi connectivity index (χ2n) is 9.26. The minimum atomic E-state index is -0.0725. The minimum absolute atomic E-state index is 0.0725. The van der Waals surface area contributed by atoms with E-state index in [2.05, 4.69) is 29.6 Å². The standard InChI is InChI=1S/C27H34N2O2/c1-20(24-5-3-2-4-6-24)27(31)29-17-15-23(16-18-29)19-22-9-7-21(8-10-22)11-14-26(30)28-25-12-13-25/h2-10,20,23,25H,11-19H2,1H3,(H,28,30). The number of amides is 2. The van der Waals surface area contributed by atoms with Crippen LogP contribution < -0.4 is 5.32 Å². The lowest BCUT2D eigenvalue weighted by atomic mass is 9.89. The van der Waals surface area contributed by atoms with Gasteiger partial charge in [-0.25, -0.2) is 0 Å². The molecule has 4 heteroatoms. The number of benzene rings is 2. The Balaban J connectivity index is 1.20. The molecule has 4 rings (SSSR count). The summed E-state index contributed by atoms with van der Waals surface area (Å²) in [6, 6.07) is 19.3. The number of carbonyl (C=O) groups excluding carboxylic acids is 2. The van der Waals surface area contributed by atoms with Gasteiger partial charge in [0.05, 0.1) is 5.92 Å². The van der Waals surface area contributed by atoms with Crippen molar-refractivity contribution in [2.45, 2.75) is 63.8 Å². The molecule has 1 atom stereocenters. The van der Waals surface area contributed by atoms with Gasteiger partial charge >= 0.3 is 0 Å². The third-order valence-corrected chi connectivity index (χ3v) is 6.73. The summed E-state index contributed by atoms with van der Waals surface area (Å²) in [6.07, 6.45) is 6.85. The Hall–Kier alpha value is -2.62. The molecule has 0 bridgehead atoms. The first-order valence-corrected chi connectivity index (χ1v) is 11.8. The van der Waals surface area contributed by atoms with Crippen molar-refractivity contribution < 1.29 is 9.59 Å². The van der Waals surface area contributed by atoms with Gasteiger partial charge in [-0.15, -0.1) is 0 Å². The van der Waals surface area contributed by atoms with Crippen LogP contribution in [0.25, 0.3) is 0 Å². The molecule has 2 aromatic carbocycles. The molecular formula is C27H34N2O2. The summed E-state index contributed by atoms with van der Waals surface area (Å²) >= 11 is 0. The van der Waals surface area contributed by atoms with Crippen LogP contribution in [0.2, 0.25) is 0 Å². The van der Waals surface area contributed by atoms with Crippen molar-refractivity contribution in [3.63, 3.8) is 0 Å². The fourth-order valence-electron chi connectivity index (χ4n) is 4.48. The summed E-state index contributed by atoms with van der Waals surface area (Å²) in [5.41, 5.74) is 3.68. The van der Waals surface area contributed by atoms with Crippen LogP contribution in [0.1, 0.15) is 61.6 Å². The number of hydrogen-bond donors (Lipinski definition) is 1. The molecule has 4 nitrogen and oxygen atoms in total. The van der Waals surface area contributed by atoms with Gasteiger partial charge < -0.3 is 10.2 Å². The highest BCUT2D eigenvalue weighted by atomic mass is 16.2. The number of nitrogens with one attached hydrogen (secondary N) is 1. The van der Waals surface area contributed by atoms with Crippen molar-refractivity contribution in [3.05, 3.63) is 71.3 Å². The summed E-state index contributed by atoms with van der Waals surface area (Å²) < 4.78 is 0. The van der Waals surface area contributed by atoms with Crippen LogP contribution in [0.15, 0.2) is 54.6 Å². The Labute approximate surface area is 186 Å². The summed E-state index contributed by atoms with van der Waals surface area (Å²) in [5.74, 6) is 0.983. The Morgan fingerprint density at radius 3 is 2.23 bits per heavy atom. The molecule has 164 valence electrons. The average Bonchev–Trinajstić information content (AvgIpc) is 3.63. The van der Waals surface area contributed by atoms with E-state index in [-0.39, 0.29) is 17.7 Å². The lowest BCUT2D eigenvalue weighted by molar-refractivity contribution is -0.133. The van der Waals surface area contributed by atoms with E-state index in [0.29, 0.717) is 18.4 Å². The molecule has 2 amide bonds. The van der Waals surface area contributed by atoms with Crippen molar-refractivity contribution in [1.82, 2.24) is 10.2 Å². The van der Waals surface area contributed by atoms with Crippen molar-refractivity contribution in [1.29, 1.82) is 0 Å². The first-order chi connectivity index (χ1) is 15.1. The average molecular weight is 419 g/mol. The zero-order chi connectivity index (χ0) is 21.6. The molecule has 1 saturated heterocycles. The largest absolute Gasteiger partial charge is 0.353 e. The predicted octanol–water partition coefficient (Wildman–Crippen LogP) is 4.48. The zero-order valence-electron chi connectivity index (χ0n) is 18.6. The molecular weight excluding hydrogens is 384 g/mol. The van der Waals surface area contributed by atoms with Gasteiger partial charge in [-0.05, 0) is 68.1 Å². The maximum Gasteiger partial charge on any atom is 0.229 e. The zero-order valence-corrected chi connectivity index (χ0v) is 18.6. The smallest absolute Gasteiger partial charge is 0.229 e. The van der Waals surface area contributed by atoms with Gasteiger partial charge in [-0.1, -0.05) is 54.6 Å². The van der Waals surface area contributed by atoms with Gasteiger partial charge in [-0.2, -0.15) is 0 Å². The number of nitrogens with zero attached hydrogens (tertiary/aromatic N) is 1. The highest BCUT2D eigenvalue weighted by molar-refractivity contribution is 5.83. The Morgan fingerprint density at radius 2 is 1.58 bits per heavy atom. The Kier molecular flexibility index (Phi) is 7.06. The minimum Gasteiger partial charge on any atom is -0.353 e. The van der Waals surface area contributed by atoms with Gasteiger partial charge in [0.15, 0.2) is 0 Å². The molecule has 0 spiro atoms. The normalized spacial score (nSPS) is 17.9. The molecule has 1 unspecified atom stereocenters. The molecule has 1 saturated carbocycles. The van der Waals surface area contributed by atoms with Crippen molar-refractivity contribution in [3.8, 4) is 0 Å². The summed E-state index contributed by atoms with van der Waals surface area (Å²) in [7, 11) is 0. The number of hydrogen-bond acceptors (Lipinski definition) is 2. The quantitative estimate of drug-likeness (QED) is 0.687. The number of carbonyl (C=O) groups is 2. The van der Waals surface area contributed by atoms with Crippen LogP contribution >= 0.6 is 0 Å². The molecule has 2 aliphatic rings. The van der Waals surface area contributed by atoms with Crippen LogP contribution in [0.3, 0.4) is 0 Å². The van der Waals surface area contributed by atoms with Gasteiger partial charge in [0.2, 0.25) is 11.8 Å². The maximum atomic E-state index is 12.9. The molecule has 0 aromatic heterocycles. The van der Waals surface area contributed by atoms with Crippen molar-refractivity contribution >= 4 is 11.8 Å². The van der Waals surface area contributed by atoms with Gasteiger partial charge in [0.1, 0.15) is 0 Å². The van der Waals surface area contributed by atoms with Crippen molar-refractivity contribution in [2.24, 2.45) is 5.92 Å². The second kappa shape index (κ2) is 10.1. The van der Waals surface area contributed by atoms with E-state index in [1.807, 2.05) is 42.2 Å². The van der Waals surface area contributed by atoms with Crippen LogP contribution in [0, 0.1) is 5.92 Å². The first-order valence-electron chi connectivity index (χ1n) is 11.8. The SMILES string of the molecule is CC(C(=O)N1CCC(Cc2ccc(CCC(=O)NC3CC3)cc2)CC1)c1ccccc1. The number of piperidine rings is 1. The van der Waals surface area contributed by atoms with Crippen LogP contribution in [0.4, 0.5) is 0 Å². The number of likely N-dealkylation sites (tertiary alicyclic amines) is 1. The van der Waals surface area contributed by atoms with Crippen LogP contribution in [-0.2, 0) is 22.4 Å². The fraction of sp³-hybridized carbons (Fsp3) is 0.481. The Morgan fingerprint density at radius 1 is 0.935 bits per heavy atom. The van der Waals surface area contributed by atoms with E-state index in [9.17, 15) is 9.59 Å². The van der Waals surface area contributed by atoms with Crippen LogP contribution in [-0.4, -0.2) is 35.8 Å².